The average Bonchev–Trinajstić information content (AvgIpc) is 2.81. The third-order valence-corrected chi connectivity index (χ3v) is 3.46. The summed E-state index contributed by atoms with van der Waals surface area (Å²) in [4.78, 5) is 1.25. The fourth-order valence-corrected chi connectivity index (χ4v) is 2.55. The molecule has 0 aromatic carbocycles. The van der Waals surface area contributed by atoms with Crippen LogP contribution in [0.25, 0.3) is 0 Å². The lowest BCUT2D eigenvalue weighted by Crippen LogP contribution is -2.25. The van der Waals surface area contributed by atoms with E-state index in [2.05, 4.69) is 41.0 Å². The lowest BCUT2D eigenvalue weighted by atomic mass is 9.91. The van der Waals surface area contributed by atoms with Crippen LogP contribution in [0.1, 0.15) is 37.8 Å². The van der Waals surface area contributed by atoms with Gasteiger partial charge >= 0.3 is 0 Å². The van der Waals surface area contributed by atoms with Gasteiger partial charge < -0.3 is 15.4 Å². The van der Waals surface area contributed by atoms with Crippen LogP contribution in [0.4, 0.5) is 0 Å². The van der Waals surface area contributed by atoms with E-state index in [1.54, 1.807) is 7.11 Å². The summed E-state index contributed by atoms with van der Waals surface area (Å²) < 4.78 is 9.04. The molecule has 2 N–H and O–H groups in total. The third-order valence-electron chi connectivity index (χ3n) is 2.74. The Labute approximate surface area is 120 Å². The van der Waals surface area contributed by atoms with Crippen molar-refractivity contribution >= 4 is 11.5 Å². The Bertz CT molecular complexity index is 349. The van der Waals surface area contributed by atoms with Gasteiger partial charge in [0.15, 0.2) is 0 Å². The van der Waals surface area contributed by atoms with E-state index < -0.39 is 0 Å². The molecule has 0 amide bonds. The normalized spacial score (nSPS) is 12.0. The van der Waals surface area contributed by atoms with Crippen LogP contribution < -0.4 is 10.6 Å². The molecule has 1 heterocycles. The molecule has 0 aliphatic carbocycles. The molecule has 19 heavy (non-hydrogen) atoms. The van der Waals surface area contributed by atoms with Gasteiger partial charge in [0.25, 0.3) is 0 Å². The molecule has 0 atom stereocenters. The summed E-state index contributed by atoms with van der Waals surface area (Å²) >= 11 is 1.50. The second-order valence-corrected chi connectivity index (χ2v) is 6.41. The minimum Gasteiger partial charge on any atom is -0.383 e. The lowest BCUT2D eigenvalue weighted by molar-refractivity contribution is 0.199. The van der Waals surface area contributed by atoms with Crippen LogP contribution in [0, 0.1) is 0 Å². The summed E-state index contributed by atoms with van der Waals surface area (Å²) in [6, 6.07) is 0. The highest BCUT2D eigenvalue weighted by Gasteiger charge is 2.21. The van der Waals surface area contributed by atoms with Crippen molar-refractivity contribution in [3.05, 3.63) is 10.6 Å². The molecule has 0 spiro atoms. The smallest absolute Gasteiger partial charge is 0.0854 e. The van der Waals surface area contributed by atoms with Gasteiger partial charge in [-0.3, -0.25) is 0 Å². The maximum Gasteiger partial charge on any atom is 0.0854 e. The van der Waals surface area contributed by atoms with Gasteiger partial charge in [0.05, 0.1) is 17.2 Å². The number of ether oxygens (including phenoxy) is 1. The van der Waals surface area contributed by atoms with Crippen molar-refractivity contribution < 1.29 is 4.74 Å². The minimum absolute atomic E-state index is 0.0751. The van der Waals surface area contributed by atoms with Gasteiger partial charge in [-0.15, -0.1) is 5.10 Å². The van der Waals surface area contributed by atoms with Crippen LogP contribution in [0.2, 0.25) is 0 Å². The summed E-state index contributed by atoms with van der Waals surface area (Å²) in [6.45, 7) is 11.1. The second-order valence-electron chi connectivity index (χ2n) is 5.57. The van der Waals surface area contributed by atoms with E-state index in [4.69, 9.17) is 4.74 Å². The van der Waals surface area contributed by atoms with Crippen LogP contribution in [0.15, 0.2) is 0 Å². The summed E-state index contributed by atoms with van der Waals surface area (Å²) in [7, 11) is 1.72. The fourth-order valence-electron chi connectivity index (χ4n) is 1.73. The summed E-state index contributed by atoms with van der Waals surface area (Å²) in [6.07, 6.45) is 1.11. The quantitative estimate of drug-likeness (QED) is 0.675. The molecular formula is C13H26N4OS. The fraction of sp³-hybridized carbons (Fsp3) is 0.846. The first-order valence-electron chi connectivity index (χ1n) is 6.77. The summed E-state index contributed by atoms with van der Waals surface area (Å²) in [5, 5.41) is 11.0. The number of hydrogen-bond acceptors (Lipinski definition) is 6. The van der Waals surface area contributed by atoms with Gasteiger partial charge in [0.2, 0.25) is 0 Å². The number of aromatic nitrogens is 2. The van der Waals surface area contributed by atoms with Gasteiger partial charge in [-0.2, -0.15) is 0 Å². The highest BCUT2D eigenvalue weighted by Crippen LogP contribution is 2.25. The van der Waals surface area contributed by atoms with E-state index in [0.717, 1.165) is 44.9 Å². The van der Waals surface area contributed by atoms with Crippen molar-refractivity contribution in [3.8, 4) is 0 Å². The lowest BCUT2D eigenvalue weighted by Gasteiger charge is -2.16. The molecule has 110 valence electrons. The van der Waals surface area contributed by atoms with Gasteiger partial charge in [0.1, 0.15) is 0 Å². The molecule has 0 aliphatic heterocycles. The Morgan fingerprint density at radius 1 is 1.16 bits per heavy atom. The largest absolute Gasteiger partial charge is 0.383 e. The van der Waals surface area contributed by atoms with Crippen molar-refractivity contribution in [2.24, 2.45) is 0 Å². The van der Waals surface area contributed by atoms with Gasteiger partial charge in [-0.25, -0.2) is 0 Å². The van der Waals surface area contributed by atoms with Gasteiger partial charge in [-0.1, -0.05) is 25.3 Å². The zero-order chi connectivity index (χ0) is 14.1. The van der Waals surface area contributed by atoms with Crippen LogP contribution in [-0.2, 0) is 16.7 Å². The Balaban J connectivity index is 2.15. The highest BCUT2D eigenvalue weighted by molar-refractivity contribution is 7.05. The Morgan fingerprint density at radius 3 is 2.58 bits per heavy atom. The molecule has 0 aliphatic rings. The van der Waals surface area contributed by atoms with E-state index in [0.29, 0.717) is 0 Å². The Hall–Kier alpha value is -0.560. The van der Waals surface area contributed by atoms with Crippen molar-refractivity contribution in [2.45, 2.75) is 39.2 Å². The summed E-state index contributed by atoms with van der Waals surface area (Å²) in [5.74, 6) is 0. The van der Waals surface area contributed by atoms with E-state index >= 15 is 0 Å². The number of hydrogen-bond donors (Lipinski definition) is 2. The molecule has 0 saturated carbocycles. The van der Waals surface area contributed by atoms with Gasteiger partial charge in [0, 0.05) is 25.6 Å². The monoisotopic (exact) mass is 286 g/mol. The SMILES string of the molecule is COCCNCCCNCc1snnc1C(C)(C)C. The second kappa shape index (κ2) is 8.58. The first-order valence-corrected chi connectivity index (χ1v) is 7.55. The molecular weight excluding hydrogens is 260 g/mol. The summed E-state index contributed by atoms with van der Waals surface area (Å²) in [5.41, 5.74) is 1.19. The Morgan fingerprint density at radius 2 is 1.89 bits per heavy atom. The van der Waals surface area contributed by atoms with Crippen molar-refractivity contribution in [1.82, 2.24) is 20.2 Å². The zero-order valence-corrected chi connectivity index (χ0v) is 13.3. The number of nitrogens with one attached hydrogen (secondary N) is 2. The molecule has 1 aromatic rings. The highest BCUT2D eigenvalue weighted by atomic mass is 32.1. The molecule has 0 saturated heterocycles. The molecule has 5 nitrogen and oxygen atoms in total. The van der Waals surface area contributed by atoms with E-state index in [9.17, 15) is 0 Å². The van der Waals surface area contributed by atoms with Crippen LogP contribution in [-0.4, -0.2) is 42.9 Å². The van der Waals surface area contributed by atoms with E-state index in [1.165, 1.54) is 16.4 Å². The van der Waals surface area contributed by atoms with Gasteiger partial charge in [-0.05, 0) is 31.0 Å². The molecule has 0 fully saturated rings. The van der Waals surface area contributed by atoms with Crippen LogP contribution in [0.3, 0.4) is 0 Å². The molecule has 0 bridgehead atoms. The molecule has 0 unspecified atom stereocenters. The first-order chi connectivity index (χ1) is 9.05. The van der Waals surface area contributed by atoms with E-state index in [1.807, 2.05) is 0 Å². The number of nitrogens with zero attached hydrogens (tertiary/aromatic N) is 2. The maximum absolute atomic E-state index is 4.97. The third kappa shape index (κ3) is 6.42. The standard InChI is InChI=1S/C13H26N4OS/c1-13(2,3)12-11(19-17-16-12)10-15-7-5-6-14-8-9-18-4/h14-15H,5-10H2,1-4H3. The number of rotatable bonds is 9. The van der Waals surface area contributed by atoms with Crippen molar-refractivity contribution in [2.75, 3.05) is 33.4 Å². The maximum atomic E-state index is 4.97. The average molecular weight is 286 g/mol. The Kier molecular flexibility index (Phi) is 7.45. The minimum atomic E-state index is 0.0751. The van der Waals surface area contributed by atoms with Crippen LogP contribution >= 0.6 is 11.5 Å². The van der Waals surface area contributed by atoms with Crippen molar-refractivity contribution in [1.29, 1.82) is 0 Å². The number of methoxy groups -OCH3 is 1. The predicted octanol–water partition coefficient (Wildman–Crippen LogP) is 1.55. The topological polar surface area (TPSA) is 59.1 Å². The molecule has 1 aromatic heterocycles. The first kappa shape index (κ1) is 16.5. The van der Waals surface area contributed by atoms with Crippen molar-refractivity contribution in [3.63, 3.8) is 0 Å². The zero-order valence-electron chi connectivity index (χ0n) is 12.5. The van der Waals surface area contributed by atoms with Crippen LogP contribution in [0.5, 0.6) is 0 Å². The van der Waals surface area contributed by atoms with E-state index in [-0.39, 0.29) is 5.41 Å². The molecule has 6 heteroatoms. The predicted molar refractivity (Wildman–Crippen MR) is 79.7 cm³/mol. The molecule has 1 rings (SSSR count). The molecule has 0 radical (unpaired) electrons.